The largest absolute Gasteiger partial charge is 0.308 e. The number of halogens is 1. The van der Waals surface area contributed by atoms with Crippen molar-refractivity contribution >= 4 is 0 Å². The molecule has 3 heteroatoms. The molecule has 1 heterocycles. The van der Waals surface area contributed by atoms with Gasteiger partial charge in [0.25, 0.3) is 0 Å². The van der Waals surface area contributed by atoms with Gasteiger partial charge in [-0.1, -0.05) is 18.9 Å². The zero-order valence-electron chi connectivity index (χ0n) is 12.6. The number of hydrogen-bond acceptors (Lipinski definition) is 2. The summed E-state index contributed by atoms with van der Waals surface area (Å²) >= 11 is 0. The van der Waals surface area contributed by atoms with E-state index in [9.17, 15) is 4.39 Å². The number of aryl methyl sites for hydroxylation is 1. The van der Waals surface area contributed by atoms with Crippen molar-refractivity contribution in [3.63, 3.8) is 0 Å². The molecular weight excluding hydrogens is 251 g/mol. The van der Waals surface area contributed by atoms with Gasteiger partial charge in [-0.05, 0) is 49.9 Å². The van der Waals surface area contributed by atoms with E-state index < -0.39 is 0 Å². The molecule has 1 aliphatic heterocycles. The lowest BCUT2D eigenvalue weighted by Crippen LogP contribution is -2.62. The Labute approximate surface area is 121 Å². The highest BCUT2D eigenvalue weighted by atomic mass is 19.1. The van der Waals surface area contributed by atoms with Crippen molar-refractivity contribution in [2.45, 2.75) is 57.7 Å². The second-order valence-electron chi connectivity index (χ2n) is 6.69. The molecule has 1 spiro atoms. The second-order valence-corrected chi connectivity index (χ2v) is 6.69. The molecule has 1 saturated heterocycles. The van der Waals surface area contributed by atoms with E-state index in [1.165, 1.54) is 31.2 Å². The second kappa shape index (κ2) is 5.45. The predicted molar refractivity (Wildman–Crippen MR) is 80.2 cm³/mol. The minimum absolute atomic E-state index is 0.133. The van der Waals surface area contributed by atoms with Crippen LogP contribution in [0.25, 0.3) is 0 Å². The number of piperazine rings is 1. The van der Waals surface area contributed by atoms with Gasteiger partial charge in [0.05, 0.1) is 0 Å². The minimum Gasteiger partial charge on any atom is -0.308 e. The summed E-state index contributed by atoms with van der Waals surface area (Å²) in [4.78, 5) is 2.57. The molecule has 1 atom stereocenters. The summed E-state index contributed by atoms with van der Waals surface area (Å²) in [5, 5.41) is 3.78. The summed E-state index contributed by atoms with van der Waals surface area (Å²) in [6.07, 6.45) is 5.31. The van der Waals surface area contributed by atoms with E-state index in [1.807, 2.05) is 13.0 Å². The van der Waals surface area contributed by atoms with Crippen LogP contribution in [-0.2, 0) is 6.54 Å². The predicted octanol–water partition coefficient (Wildman–Crippen LogP) is 3.24. The molecule has 1 aromatic carbocycles. The first-order valence-corrected chi connectivity index (χ1v) is 7.82. The molecule has 1 unspecified atom stereocenters. The quantitative estimate of drug-likeness (QED) is 0.892. The maximum Gasteiger partial charge on any atom is 0.123 e. The molecule has 0 amide bonds. The highest BCUT2D eigenvalue weighted by molar-refractivity contribution is 5.26. The van der Waals surface area contributed by atoms with E-state index in [2.05, 4.69) is 17.1 Å². The van der Waals surface area contributed by atoms with Crippen LogP contribution in [-0.4, -0.2) is 29.6 Å². The fourth-order valence-corrected chi connectivity index (χ4v) is 3.75. The van der Waals surface area contributed by atoms with Gasteiger partial charge < -0.3 is 5.32 Å². The van der Waals surface area contributed by atoms with Crippen molar-refractivity contribution in [3.8, 4) is 0 Å². The maximum atomic E-state index is 13.2. The summed E-state index contributed by atoms with van der Waals surface area (Å²) in [5.74, 6) is -0.133. The lowest BCUT2D eigenvalue weighted by Gasteiger charge is -2.45. The van der Waals surface area contributed by atoms with Gasteiger partial charge in [0, 0.05) is 31.2 Å². The molecule has 3 rings (SSSR count). The molecule has 110 valence electrons. The summed E-state index contributed by atoms with van der Waals surface area (Å²) in [7, 11) is 0. The molecular formula is C17H25FN2. The van der Waals surface area contributed by atoms with E-state index in [0.717, 1.165) is 25.2 Å². The number of nitrogens with one attached hydrogen (secondary N) is 1. The smallest absolute Gasteiger partial charge is 0.123 e. The van der Waals surface area contributed by atoms with Gasteiger partial charge in [0.1, 0.15) is 5.82 Å². The van der Waals surface area contributed by atoms with E-state index >= 15 is 0 Å². The summed E-state index contributed by atoms with van der Waals surface area (Å²) in [6, 6.07) is 5.72. The number of nitrogens with zero attached hydrogens (tertiary/aromatic N) is 1. The SMILES string of the molecule is Cc1cc(F)ccc1CN1CC2(CCCC2)NCC1C. The monoisotopic (exact) mass is 276 g/mol. The van der Waals surface area contributed by atoms with E-state index in [4.69, 9.17) is 0 Å². The molecule has 20 heavy (non-hydrogen) atoms. The molecule has 1 aliphatic carbocycles. The van der Waals surface area contributed by atoms with E-state index in [1.54, 1.807) is 12.1 Å². The normalized spacial score (nSPS) is 26.2. The van der Waals surface area contributed by atoms with Crippen molar-refractivity contribution in [2.75, 3.05) is 13.1 Å². The zero-order valence-corrected chi connectivity index (χ0v) is 12.6. The van der Waals surface area contributed by atoms with E-state index in [0.29, 0.717) is 11.6 Å². The number of rotatable bonds is 2. The molecule has 2 nitrogen and oxygen atoms in total. The Morgan fingerprint density at radius 1 is 1.35 bits per heavy atom. The lowest BCUT2D eigenvalue weighted by molar-refractivity contribution is 0.0825. The summed E-state index contributed by atoms with van der Waals surface area (Å²) in [5.41, 5.74) is 2.67. The third-order valence-electron chi connectivity index (χ3n) is 5.14. The highest BCUT2D eigenvalue weighted by Crippen LogP contribution is 2.33. The first kappa shape index (κ1) is 14.0. The third-order valence-corrected chi connectivity index (χ3v) is 5.14. The molecule has 1 N–H and O–H groups in total. The van der Waals surface area contributed by atoms with Crippen molar-refractivity contribution in [1.82, 2.24) is 10.2 Å². The van der Waals surface area contributed by atoms with Gasteiger partial charge in [-0.2, -0.15) is 0 Å². The number of benzene rings is 1. The standard InChI is InChI=1S/C17H25FN2/c1-13-9-16(18)6-5-15(13)11-20-12-17(7-3-4-8-17)19-10-14(20)2/h5-6,9,14,19H,3-4,7-8,10-12H2,1-2H3. The molecule has 0 radical (unpaired) electrons. The van der Waals surface area contributed by atoms with Gasteiger partial charge >= 0.3 is 0 Å². The lowest BCUT2D eigenvalue weighted by atomic mass is 9.92. The Kier molecular flexibility index (Phi) is 3.83. The first-order valence-electron chi connectivity index (χ1n) is 7.82. The van der Waals surface area contributed by atoms with Crippen LogP contribution in [0.2, 0.25) is 0 Å². The third kappa shape index (κ3) is 2.75. The molecule has 0 aromatic heterocycles. The van der Waals surface area contributed by atoms with Gasteiger partial charge in [-0.25, -0.2) is 4.39 Å². The Hall–Kier alpha value is -0.930. The van der Waals surface area contributed by atoms with Crippen LogP contribution in [0, 0.1) is 12.7 Å². The minimum atomic E-state index is -0.133. The van der Waals surface area contributed by atoms with Crippen LogP contribution in [0.5, 0.6) is 0 Å². The van der Waals surface area contributed by atoms with Crippen LogP contribution in [0.4, 0.5) is 4.39 Å². The van der Waals surface area contributed by atoms with Crippen molar-refractivity contribution in [3.05, 3.63) is 35.1 Å². The summed E-state index contributed by atoms with van der Waals surface area (Å²) in [6.45, 7) is 7.44. The molecule has 0 bridgehead atoms. The van der Waals surface area contributed by atoms with Gasteiger partial charge in [0.2, 0.25) is 0 Å². The van der Waals surface area contributed by atoms with Gasteiger partial charge in [-0.3, -0.25) is 4.90 Å². The van der Waals surface area contributed by atoms with E-state index in [-0.39, 0.29) is 5.82 Å². The van der Waals surface area contributed by atoms with Gasteiger partial charge in [-0.15, -0.1) is 0 Å². The molecule has 1 saturated carbocycles. The highest BCUT2D eigenvalue weighted by Gasteiger charge is 2.39. The average Bonchev–Trinajstić information content (AvgIpc) is 2.86. The summed E-state index contributed by atoms with van der Waals surface area (Å²) < 4.78 is 13.2. The average molecular weight is 276 g/mol. The van der Waals surface area contributed by atoms with Crippen molar-refractivity contribution in [2.24, 2.45) is 0 Å². The van der Waals surface area contributed by atoms with Crippen LogP contribution in [0.3, 0.4) is 0 Å². The number of hydrogen-bond donors (Lipinski definition) is 1. The Morgan fingerprint density at radius 2 is 2.10 bits per heavy atom. The molecule has 2 aliphatic rings. The van der Waals surface area contributed by atoms with Gasteiger partial charge in [0.15, 0.2) is 0 Å². The fourth-order valence-electron chi connectivity index (χ4n) is 3.75. The van der Waals surface area contributed by atoms with Crippen LogP contribution in [0.1, 0.15) is 43.7 Å². The van der Waals surface area contributed by atoms with Crippen LogP contribution >= 0.6 is 0 Å². The molecule has 1 aromatic rings. The van der Waals surface area contributed by atoms with Crippen molar-refractivity contribution < 1.29 is 4.39 Å². The maximum absolute atomic E-state index is 13.2. The van der Waals surface area contributed by atoms with Crippen LogP contribution < -0.4 is 5.32 Å². The van der Waals surface area contributed by atoms with Crippen LogP contribution in [0.15, 0.2) is 18.2 Å². The zero-order chi connectivity index (χ0) is 14.2. The Morgan fingerprint density at radius 3 is 2.80 bits per heavy atom. The fraction of sp³-hybridized carbons (Fsp3) is 0.647. The first-order chi connectivity index (χ1) is 9.58. The topological polar surface area (TPSA) is 15.3 Å². The van der Waals surface area contributed by atoms with Crippen molar-refractivity contribution in [1.29, 1.82) is 0 Å². The molecule has 2 fully saturated rings. The Bertz CT molecular complexity index is 480. The Balaban J connectivity index is 1.74.